The van der Waals surface area contributed by atoms with Gasteiger partial charge in [0.1, 0.15) is 0 Å². The van der Waals surface area contributed by atoms with E-state index in [1.54, 1.807) is 19.2 Å². The molecule has 2 N–H and O–H groups in total. The van der Waals surface area contributed by atoms with Gasteiger partial charge in [0.25, 0.3) is 17.7 Å². The summed E-state index contributed by atoms with van der Waals surface area (Å²) in [5.41, 5.74) is 1.10. The topological polar surface area (TPSA) is 78.5 Å². The van der Waals surface area contributed by atoms with Crippen molar-refractivity contribution < 1.29 is 14.4 Å². The number of nitrogens with zero attached hydrogens (tertiary/aromatic N) is 1. The molecule has 1 aliphatic rings. The number of carbonyl (C=O) groups is 3. The summed E-state index contributed by atoms with van der Waals surface area (Å²) < 4.78 is 0. The molecule has 1 heterocycles. The molecule has 0 atom stereocenters. The number of carbonyl (C=O) groups excluding carboxylic acids is 3. The summed E-state index contributed by atoms with van der Waals surface area (Å²) in [7, 11) is 1.80. The lowest BCUT2D eigenvalue weighted by molar-refractivity contribution is 0.0652. The van der Waals surface area contributed by atoms with Crippen molar-refractivity contribution in [2.45, 2.75) is 19.8 Å². The molecule has 0 radical (unpaired) electrons. The van der Waals surface area contributed by atoms with Crippen molar-refractivity contribution in [1.29, 1.82) is 0 Å². The largest absolute Gasteiger partial charge is 0.351 e. The van der Waals surface area contributed by atoms with Gasteiger partial charge in [-0.2, -0.15) is 0 Å². The Kier molecular flexibility index (Phi) is 7.19. The molecule has 1 aliphatic heterocycles. The van der Waals surface area contributed by atoms with Crippen LogP contribution >= 0.6 is 12.4 Å². The lowest BCUT2D eigenvalue weighted by atomic mass is 10.1. The van der Waals surface area contributed by atoms with E-state index in [1.165, 1.54) is 11.0 Å². The van der Waals surface area contributed by atoms with Crippen molar-refractivity contribution in [2.75, 3.05) is 26.7 Å². The quantitative estimate of drug-likeness (QED) is 0.582. The van der Waals surface area contributed by atoms with E-state index < -0.39 is 0 Å². The normalized spacial score (nSPS) is 12.9. The molecule has 23 heavy (non-hydrogen) atoms. The molecule has 1 aromatic carbocycles. The van der Waals surface area contributed by atoms with Gasteiger partial charge in [-0.3, -0.25) is 19.3 Å². The predicted octanol–water partition coefficient (Wildman–Crippen LogP) is 1.45. The summed E-state index contributed by atoms with van der Waals surface area (Å²) in [6.07, 6.45) is 1.69. The Morgan fingerprint density at radius 3 is 2.48 bits per heavy atom. The lowest BCUT2D eigenvalue weighted by Gasteiger charge is -2.12. The number of hydrogen-bond acceptors (Lipinski definition) is 4. The van der Waals surface area contributed by atoms with E-state index >= 15 is 0 Å². The highest BCUT2D eigenvalue weighted by Gasteiger charge is 2.35. The van der Waals surface area contributed by atoms with Crippen LogP contribution in [0.15, 0.2) is 18.2 Å². The second-order valence-corrected chi connectivity index (χ2v) is 5.24. The first kappa shape index (κ1) is 19.1. The summed E-state index contributed by atoms with van der Waals surface area (Å²) in [4.78, 5) is 37.8. The molecule has 6 nitrogen and oxygen atoms in total. The van der Waals surface area contributed by atoms with Crippen LogP contribution < -0.4 is 10.6 Å². The fourth-order valence-corrected chi connectivity index (χ4v) is 2.35. The number of fused-ring (bicyclic) bond motifs is 1. The molecule has 0 unspecified atom stereocenters. The van der Waals surface area contributed by atoms with Crippen molar-refractivity contribution in [2.24, 2.45) is 0 Å². The van der Waals surface area contributed by atoms with Crippen LogP contribution in [0.25, 0.3) is 0 Å². The molecule has 0 saturated carbocycles. The lowest BCUT2D eigenvalue weighted by Crippen LogP contribution is -2.31. The standard InChI is InChI=1S/C16H21N3O3.ClH/c1-3-4-9-19-15(21)12-6-5-11(10-13(12)16(19)22)14(20)18-8-7-17-2;/h5-6,10,17H,3-4,7-9H2,1-2H3,(H,18,20);1H. The van der Waals surface area contributed by atoms with Crippen LogP contribution in [0.1, 0.15) is 50.8 Å². The number of benzene rings is 1. The van der Waals surface area contributed by atoms with Crippen molar-refractivity contribution >= 4 is 30.1 Å². The van der Waals surface area contributed by atoms with Crippen LogP contribution in [-0.4, -0.2) is 49.3 Å². The molecule has 0 saturated heterocycles. The van der Waals surface area contributed by atoms with E-state index in [9.17, 15) is 14.4 Å². The molecule has 0 aliphatic carbocycles. The molecule has 0 fully saturated rings. The number of likely N-dealkylation sites (N-methyl/N-ethyl adjacent to an activating group) is 1. The zero-order chi connectivity index (χ0) is 16.1. The van der Waals surface area contributed by atoms with Crippen LogP contribution in [0.4, 0.5) is 0 Å². The molecule has 1 aromatic rings. The fraction of sp³-hybridized carbons (Fsp3) is 0.438. The van der Waals surface area contributed by atoms with E-state index in [-0.39, 0.29) is 30.1 Å². The zero-order valence-corrected chi connectivity index (χ0v) is 14.2. The van der Waals surface area contributed by atoms with Crippen LogP contribution in [0.2, 0.25) is 0 Å². The van der Waals surface area contributed by atoms with Gasteiger partial charge in [-0.25, -0.2) is 0 Å². The smallest absolute Gasteiger partial charge is 0.261 e. The minimum atomic E-state index is -0.307. The van der Waals surface area contributed by atoms with E-state index in [2.05, 4.69) is 10.6 Å². The van der Waals surface area contributed by atoms with Gasteiger partial charge in [-0.15, -0.1) is 12.4 Å². The minimum absolute atomic E-state index is 0. The highest BCUT2D eigenvalue weighted by atomic mass is 35.5. The summed E-state index contributed by atoms with van der Waals surface area (Å²) in [5, 5.41) is 5.69. The molecule has 0 aromatic heterocycles. The average molecular weight is 340 g/mol. The molecule has 0 bridgehead atoms. The SMILES string of the molecule is CCCCN1C(=O)c2ccc(C(=O)NCCNC)cc2C1=O.Cl. The Bertz CT molecular complexity index is 604. The van der Waals surface area contributed by atoms with Crippen LogP contribution in [0.5, 0.6) is 0 Å². The number of halogens is 1. The van der Waals surface area contributed by atoms with Gasteiger partial charge in [0.2, 0.25) is 0 Å². The summed E-state index contributed by atoms with van der Waals surface area (Å²) >= 11 is 0. The molecule has 2 rings (SSSR count). The van der Waals surface area contributed by atoms with Crippen molar-refractivity contribution in [3.63, 3.8) is 0 Å². The number of amides is 3. The zero-order valence-electron chi connectivity index (χ0n) is 13.3. The number of hydrogen-bond donors (Lipinski definition) is 2. The molecular formula is C16H22ClN3O3. The number of imide groups is 1. The highest BCUT2D eigenvalue weighted by molar-refractivity contribution is 6.22. The van der Waals surface area contributed by atoms with Gasteiger partial charge in [-0.05, 0) is 31.7 Å². The summed E-state index contributed by atoms with van der Waals surface area (Å²) in [6, 6.07) is 4.66. The molecular weight excluding hydrogens is 318 g/mol. The van der Waals surface area contributed by atoms with Crippen LogP contribution in [-0.2, 0) is 0 Å². The van der Waals surface area contributed by atoms with Gasteiger partial charge >= 0.3 is 0 Å². The Morgan fingerprint density at radius 2 is 1.83 bits per heavy atom. The average Bonchev–Trinajstić information content (AvgIpc) is 2.76. The van der Waals surface area contributed by atoms with Gasteiger partial charge in [0.05, 0.1) is 11.1 Å². The second-order valence-electron chi connectivity index (χ2n) is 5.24. The maximum Gasteiger partial charge on any atom is 0.261 e. The Balaban J connectivity index is 0.00000264. The molecule has 126 valence electrons. The third kappa shape index (κ3) is 4.09. The Hall–Kier alpha value is -1.92. The highest BCUT2D eigenvalue weighted by Crippen LogP contribution is 2.24. The second kappa shape index (κ2) is 8.64. The van der Waals surface area contributed by atoms with Crippen LogP contribution in [0.3, 0.4) is 0 Å². The van der Waals surface area contributed by atoms with E-state index in [0.717, 1.165) is 12.8 Å². The van der Waals surface area contributed by atoms with Gasteiger partial charge in [0, 0.05) is 25.2 Å². The molecule has 0 spiro atoms. The first-order valence-corrected chi connectivity index (χ1v) is 7.53. The minimum Gasteiger partial charge on any atom is -0.351 e. The van der Waals surface area contributed by atoms with Gasteiger partial charge in [-0.1, -0.05) is 13.3 Å². The summed E-state index contributed by atoms with van der Waals surface area (Å²) in [5.74, 6) is -0.820. The van der Waals surface area contributed by atoms with E-state index in [0.29, 0.717) is 36.3 Å². The number of unbranched alkanes of at least 4 members (excludes halogenated alkanes) is 1. The van der Waals surface area contributed by atoms with Gasteiger partial charge in [0.15, 0.2) is 0 Å². The first-order chi connectivity index (χ1) is 10.6. The number of nitrogens with one attached hydrogen (secondary N) is 2. The predicted molar refractivity (Wildman–Crippen MR) is 90.2 cm³/mol. The van der Waals surface area contributed by atoms with Crippen molar-refractivity contribution in [3.8, 4) is 0 Å². The maximum atomic E-state index is 12.3. The molecule has 7 heteroatoms. The third-order valence-corrected chi connectivity index (χ3v) is 3.63. The van der Waals surface area contributed by atoms with Crippen molar-refractivity contribution in [3.05, 3.63) is 34.9 Å². The van der Waals surface area contributed by atoms with Crippen LogP contribution in [0, 0.1) is 0 Å². The maximum absolute atomic E-state index is 12.3. The first-order valence-electron chi connectivity index (χ1n) is 7.53. The number of rotatable bonds is 7. The van der Waals surface area contributed by atoms with Crippen molar-refractivity contribution in [1.82, 2.24) is 15.5 Å². The Morgan fingerprint density at radius 1 is 1.13 bits per heavy atom. The van der Waals surface area contributed by atoms with E-state index in [4.69, 9.17) is 0 Å². The third-order valence-electron chi connectivity index (χ3n) is 3.63. The fourth-order valence-electron chi connectivity index (χ4n) is 2.35. The Labute approximate surface area is 142 Å². The van der Waals surface area contributed by atoms with Gasteiger partial charge < -0.3 is 10.6 Å². The molecule has 3 amide bonds. The van der Waals surface area contributed by atoms with E-state index in [1.807, 2.05) is 6.92 Å². The summed E-state index contributed by atoms with van der Waals surface area (Å²) in [6.45, 7) is 3.60. The monoisotopic (exact) mass is 339 g/mol.